The Kier molecular flexibility index (Phi) is 6.47. The lowest BCUT2D eigenvalue weighted by atomic mass is 10.2. The predicted molar refractivity (Wildman–Crippen MR) is 111 cm³/mol. The number of nitrogens with zero attached hydrogens (tertiary/aromatic N) is 2. The average molecular weight is 408 g/mol. The highest BCUT2D eigenvalue weighted by atomic mass is 35.5. The van der Waals surface area contributed by atoms with Crippen LogP contribution < -0.4 is 15.0 Å². The molecule has 0 radical (unpaired) electrons. The second-order valence-corrected chi connectivity index (χ2v) is 7.50. The van der Waals surface area contributed by atoms with Crippen molar-refractivity contribution < 1.29 is 9.53 Å². The summed E-state index contributed by atoms with van der Waals surface area (Å²) in [5.74, 6) is 0.183. The van der Waals surface area contributed by atoms with Crippen LogP contribution in [0, 0.1) is 0 Å². The molecule has 0 aliphatic carbocycles. The van der Waals surface area contributed by atoms with Crippen molar-refractivity contribution in [3.05, 3.63) is 52.5 Å². The van der Waals surface area contributed by atoms with Gasteiger partial charge >= 0.3 is 0 Å². The van der Waals surface area contributed by atoms with Gasteiger partial charge in [-0.25, -0.2) is 0 Å². The standard InChI is InChI=1S/C20H23Cl2N3O2/c1-14(27-19-8-3-15(21)13-18(19)22)20(26)23-16-4-6-17(7-5-16)25-11-9-24(2)10-12-25/h3-8,13-14H,9-12H2,1-2H3,(H,23,26)/t14-/m1/s1. The van der Waals surface area contributed by atoms with Gasteiger partial charge in [0.1, 0.15) is 5.75 Å². The van der Waals surface area contributed by atoms with Crippen LogP contribution in [0.1, 0.15) is 6.92 Å². The summed E-state index contributed by atoms with van der Waals surface area (Å²) in [7, 11) is 2.14. The Morgan fingerprint density at radius 2 is 1.74 bits per heavy atom. The molecule has 0 spiro atoms. The number of benzene rings is 2. The number of hydrogen-bond acceptors (Lipinski definition) is 4. The first-order valence-electron chi connectivity index (χ1n) is 8.88. The van der Waals surface area contributed by atoms with Crippen molar-refractivity contribution in [3.8, 4) is 5.75 Å². The Morgan fingerprint density at radius 1 is 1.07 bits per heavy atom. The van der Waals surface area contributed by atoms with Gasteiger partial charge < -0.3 is 19.9 Å². The maximum atomic E-state index is 12.4. The number of ether oxygens (including phenoxy) is 1. The Bertz CT molecular complexity index is 790. The largest absolute Gasteiger partial charge is 0.479 e. The molecule has 3 rings (SSSR count). The summed E-state index contributed by atoms with van der Waals surface area (Å²) in [5.41, 5.74) is 1.90. The Hall–Kier alpha value is -1.95. The lowest BCUT2D eigenvalue weighted by Gasteiger charge is -2.34. The molecule has 1 fully saturated rings. The summed E-state index contributed by atoms with van der Waals surface area (Å²) in [6.07, 6.45) is -0.694. The highest BCUT2D eigenvalue weighted by Gasteiger charge is 2.17. The number of nitrogens with one attached hydrogen (secondary N) is 1. The Morgan fingerprint density at radius 3 is 2.37 bits per heavy atom. The number of carbonyl (C=O) groups is 1. The molecule has 0 bridgehead atoms. The minimum absolute atomic E-state index is 0.242. The molecule has 5 nitrogen and oxygen atoms in total. The van der Waals surface area contributed by atoms with E-state index in [1.807, 2.05) is 24.3 Å². The molecule has 1 aliphatic heterocycles. The van der Waals surface area contributed by atoms with Crippen LogP contribution in [-0.4, -0.2) is 50.1 Å². The summed E-state index contributed by atoms with van der Waals surface area (Å²) in [6, 6.07) is 12.8. The number of rotatable bonds is 5. The van der Waals surface area contributed by atoms with Gasteiger partial charge in [-0.2, -0.15) is 0 Å². The summed E-state index contributed by atoms with van der Waals surface area (Å²) in [4.78, 5) is 17.1. The molecule has 1 N–H and O–H groups in total. The van der Waals surface area contributed by atoms with Gasteiger partial charge in [-0.05, 0) is 56.4 Å². The quantitative estimate of drug-likeness (QED) is 0.808. The van der Waals surface area contributed by atoms with Crippen LogP contribution in [0.25, 0.3) is 0 Å². The zero-order chi connectivity index (χ0) is 19.4. The third-order valence-corrected chi connectivity index (χ3v) is 5.10. The molecule has 2 aromatic carbocycles. The van der Waals surface area contributed by atoms with Gasteiger partial charge in [-0.3, -0.25) is 4.79 Å². The molecule has 0 aromatic heterocycles. The third-order valence-electron chi connectivity index (χ3n) is 4.57. The summed E-state index contributed by atoms with van der Waals surface area (Å²) in [5, 5.41) is 3.76. The van der Waals surface area contributed by atoms with E-state index in [-0.39, 0.29) is 5.91 Å². The van der Waals surface area contributed by atoms with Crippen molar-refractivity contribution in [2.75, 3.05) is 43.4 Å². The molecule has 0 unspecified atom stereocenters. The molecular formula is C20H23Cl2N3O2. The molecule has 1 saturated heterocycles. The van der Waals surface area contributed by atoms with Crippen LogP contribution in [0.5, 0.6) is 5.75 Å². The van der Waals surface area contributed by atoms with Crippen molar-refractivity contribution in [2.45, 2.75) is 13.0 Å². The van der Waals surface area contributed by atoms with Crippen molar-refractivity contribution >= 4 is 40.5 Å². The van der Waals surface area contributed by atoms with E-state index >= 15 is 0 Å². The fourth-order valence-electron chi connectivity index (χ4n) is 2.88. The number of amides is 1. The molecule has 7 heteroatoms. The smallest absolute Gasteiger partial charge is 0.265 e. The first-order valence-corrected chi connectivity index (χ1v) is 9.64. The number of likely N-dealkylation sites (N-methyl/N-ethyl adjacent to an activating group) is 1. The number of piperazine rings is 1. The van der Waals surface area contributed by atoms with Gasteiger partial charge in [0.15, 0.2) is 6.10 Å². The fraction of sp³-hybridized carbons (Fsp3) is 0.350. The van der Waals surface area contributed by atoms with Crippen LogP contribution in [-0.2, 0) is 4.79 Å². The normalized spacial score (nSPS) is 16.1. The van der Waals surface area contributed by atoms with E-state index in [0.717, 1.165) is 31.9 Å². The van der Waals surface area contributed by atoms with E-state index in [4.69, 9.17) is 27.9 Å². The average Bonchev–Trinajstić information content (AvgIpc) is 2.65. The summed E-state index contributed by atoms with van der Waals surface area (Å²) < 4.78 is 5.65. The number of halogens is 2. The van der Waals surface area contributed by atoms with Crippen LogP contribution in [0.3, 0.4) is 0 Å². The van der Waals surface area contributed by atoms with Gasteiger partial charge in [0, 0.05) is 42.6 Å². The molecule has 27 heavy (non-hydrogen) atoms. The van der Waals surface area contributed by atoms with Gasteiger partial charge in [-0.1, -0.05) is 23.2 Å². The van der Waals surface area contributed by atoms with Gasteiger partial charge in [0.2, 0.25) is 0 Å². The van der Waals surface area contributed by atoms with E-state index in [1.54, 1.807) is 25.1 Å². The predicted octanol–water partition coefficient (Wildman–Crippen LogP) is 4.15. The summed E-state index contributed by atoms with van der Waals surface area (Å²) in [6.45, 7) is 5.81. The molecule has 1 heterocycles. The number of carbonyl (C=O) groups excluding carboxylic acids is 1. The first kappa shape index (κ1) is 19.8. The van der Waals surface area contributed by atoms with E-state index in [0.29, 0.717) is 15.8 Å². The maximum absolute atomic E-state index is 12.4. The second-order valence-electron chi connectivity index (χ2n) is 6.66. The topological polar surface area (TPSA) is 44.8 Å². The van der Waals surface area contributed by atoms with Gasteiger partial charge in [-0.15, -0.1) is 0 Å². The van der Waals surface area contributed by atoms with E-state index in [9.17, 15) is 4.79 Å². The highest BCUT2D eigenvalue weighted by molar-refractivity contribution is 6.35. The monoisotopic (exact) mass is 407 g/mol. The lowest BCUT2D eigenvalue weighted by Crippen LogP contribution is -2.44. The number of anilines is 2. The minimum Gasteiger partial charge on any atom is -0.479 e. The van der Waals surface area contributed by atoms with Crippen LogP contribution in [0.4, 0.5) is 11.4 Å². The molecule has 1 atom stereocenters. The molecule has 0 saturated carbocycles. The van der Waals surface area contributed by atoms with Crippen molar-refractivity contribution in [1.29, 1.82) is 0 Å². The van der Waals surface area contributed by atoms with Crippen LogP contribution >= 0.6 is 23.2 Å². The molecule has 144 valence electrons. The minimum atomic E-state index is -0.694. The SMILES string of the molecule is C[C@@H](Oc1ccc(Cl)cc1Cl)C(=O)Nc1ccc(N2CCN(C)CC2)cc1. The van der Waals surface area contributed by atoms with Crippen LogP contribution in [0.2, 0.25) is 10.0 Å². The zero-order valence-electron chi connectivity index (χ0n) is 15.4. The Balaban J connectivity index is 1.57. The summed E-state index contributed by atoms with van der Waals surface area (Å²) >= 11 is 12.0. The molecule has 1 aliphatic rings. The van der Waals surface area contributed by atoms with E-state index in [2.05, 4.69) is 22.2 Å². The maximum Gasteiger partial charge on any atom is 0.265 e. The third kappa shape index (κ3) is 5.28. The molecule has 1 amide bonds. The van der Waals surface area contributed by atoms with Crippen molar-refractivity contribution in [2.24, 2.45) is 0 Å². The zero-order valence-corrected chi connectivity index (χ0v) is 16.9. The van der Waals surface area contributed by atoms with E-state index < -0.39 is 6.10 Å². The van der Waals surface area contributed by atoms with Crippen molar-refractivity contribution in [1.82, 2.24) is 4.90 Å². The lowest BCUT2D eigenvalue weighted by molar-refractivity contribution is -0.122. The molecule has 2 aromatic rings. The van der Waals surface area contributed by atoms with E-state index in [1.165, 1.54) is 5.69 Å². The first-order chi connectivity index (χ1) is 12.9. The second kappa shape index (κ2) is 8.83. The highest BCUT2D eigenvalue weighted by Crippen LogP contribution is 2.28. The Labute approximate surface area is 169 Å². The van der Waals surface area contributed by atoms with Crippen molar-refractivity contribution in [3.63, 3.8) is 0 Å². The van der Waals surface area contributed by atoms with Gasteiger partial charge in [0.05, 0.1) is 5.02 Å². The fourth-order valence-corrected chi connectivity index (χ4v) is 3.33. The molecular weight excluding hydrogens is 385 g/mol. The van der Waals surface area contributed by atoms with Crippen LogP contribution in [0.15, 0.2) is 42.5 Å². The number of hydrogen-bond donors (Lipinski definition) is 1. The van der Waals surface area contributed by atoms with Gasteiger partial charge in [0.25, 0.3) is 5.91 Å².